The Bertz CT molecular complexity index is 132. The van der Waals surface area contributed by atoms with E-state index < -0.39 is 12.1 Å². The molecule has 2 N–H and O–H groups in total. The normalized spacial score (nSPS) is 13.3. The van der Waals surface area contributed by atoms with Crippen molar-refractivity contribution in [2.24, 2.45) is 5.92 Å². The van der Waals surface area contributed by atoms with Crippen molar-refractivity contribution >= 4 is 5.97 Å². The van der Waals surface area contributed by atoms with E-state index in [0.717, 1.165) is 12.8 Å². The van der Waals surface area contributed by atoms with Gasteiger partial charge in [0.15, 0.2) is 0 Å². The Hall–Kier alpha value is -0.570. The molecule has 0 aliphatic heterocycles. The van der Waals surface area contributed by atoms with E-state index in [-0.39, 0.29) is 6.42 Å². The van der Waals surface area contributed by atoms with Crippen LogP contribution in [0.2, 0.25) is 0 Å². The topological polar surface area (TPSA) is 57.5 Å². The van der Waals surface area contributed by atoms with Crippen molar-refractivity contribution in [2.75, 3.05) is 0 Å². The summed E-state index contributed by atoms with van der Waals surface area (Å²) in [6.45, 7) is 4.23. The van der Waals surface area contributed by atoms with Gasteiger partial charge in [-0.05, 0) is 12.3 Å². The van der Waals surface area contributed by atoms with Gasteiger partial charge in [0.2, 0.25) is 0 Å². The average Bonchev–Trinajstić information content (AvgIpc) is 1.84. The molecular formula is C9H18O3. The Morgan fingerprint density at radius 1 is 1.33 bits per heavy atom. The Balaban J connectivity index is 3.31. The molecule has 0 rings (SSSR count). The first-order chi connectivity index (χ1) is 5.52. The zero-order valence-electron chi connectivity index (χ0n) is 7.79. The van der Waals surface area contributed by atoms with Crippen molar-refractivity contribution in [3.8, 4) is 0 Å². The van der Waals surface area contributed by atoms with Crippen LogP contribution in [0.5, 0.6) is 0 Å². The van der Waals surface area contributed by atoms with Crippen LogP contribution in [-0.2, 0) is 4.79 Å². The highest BCUT2D eigenvalue weighted by Crippen LogP contribution is 2.09. The summed E-state index contributed by atoms with van der Waals surface area (Å²) >= 11 is 0. The third kappa shape index (κ3) is 7.54. The van der Waals surface area contributed by atoms with Gasteiger partial charge in [-0.2, -0.15) is 0 Å². The number of carboxylic acids is 1. The number of hydrogen-bond donors (Lipinski definition) is 2. The van der Waals surface area contributed by atoms with E-state index in [1.165, 1.54) is 0 Å². The number of rotatable bonds is 6. The van der Waals surface area contributed by atoms with Crippen LogP contribution in [0.3, 0.4) is 0 Å². The van der Waals surface area contributed by atoms with Gasteiger partial charge >= 0.3 is 5.97 Å². The molecule has 3 nitrogen and oxygen atoms in total. The monoisotopic (exact) mass is 174 g/mol. The van der Waals surface area contributed by atoms with Crippen molar-refractivity contribution in [1.82, 2.24) is 0 Å². The van der Waals surface area contributed by atoms with Crippen molar-refractivity contribution < 1.29 is 15.0 Å². The van der Waals surface area contributed by atoms with Crippen LogP contribution < -0.4 is 0 Å². The maximum absolute atomic E-state index is 10.1. The van der Waals surface area contributed by atoms with Crippen molar-refractivity contribution in [3.63, 3.8) is 0 Å². The summed E-state index contributed by atoms with van der Waals surface area (Å²) in [6, 6.07) is 0. The molecule has 0 aliphatic carbocycles. The average molecular weight is 174 g/mol. The zero-order chi connectivity index (χ0) is 9.56. The number of hydrogen-bond acceptors (Lipinski definition) is 2. The second kappa shape index (κ2) is 6.00. The summed E-state index contributed by atoms with van der Waals surface area (Å²) in [5.74, 6) is -0.297. The summed E-state index contributed by atoms with van der Waals surface area (Å²) < 4.78 is 0. The van der Waals surface area contributed by atoms with Gasteiger partial charge in [0.1, 0.15) is 0 Å². The van der Waals surface area contributed by atoms with Crippen molar-refractivity contribution in [2.45, 2.75) is 45.6 Å². The Morgan fingerprint density at radius 3 is 2.33 bits per heavy atom. The maximum Gasteiger partial charge on any atom is 0.305 e. The standard InChI is InChI=1S/C9H18O3/c1-7(2)4-3-5-8(10)6-9(11)12/h7-8,10H,3-6H2,1-2H3,(H,11,12)/t8-/m0/s1. The quantitative estimate of drug-likeness (QED) is 0.643. The summed E-state index contributed by atoms with van der Waals surface area (Å²) in [6.07, 6.45) is 1.77. The SMILES string of the molecule is CC(C)CCC[C@H](O)CC(=O)O. The van der Waals surface area contributed by atoms with Gasteiger partial charge in [0.25, 0.3) is 0 Å². The van der Waals surface area contributed by atoms with E-state index in [9.17, 15) is 4.79 Å². The lowest BCUT2D eigenvalue weighted by atomic mass is 10.0. The fraction of sp³-hybridized carbons (Fsp3) is 0.889. The van der Waals surface area contributed by atoms with Crippen LogP contribution >= 0.6 is 0 Å². The molecule has 0 saturated heterocycles. The Labute approximate surface area is 73.4 Å². The first-order valence-electron chi connectivity index (χ1n) is 4.42. The van der Waals surface area contributed by atoms with Crippen LogP contribution in [0.1, 0.15) is 39.5 Å². The number of aliphatic hydroxyl groups excluding tert-OH is 1. The van der Waals surface area contributed by atoms with Gasteiger partial charge in [0, 0.05) is 0 Å². The molecule has 12 heavy (non-hydrogen) atoms. The van der Waals surface area contributed by atoms with Gasteiger partial charge in [-0.25, -0.2) is 0 Å². The molecule has 0 amide bonds. The maximum atomic E-state index is 10.1. The number of aliphatic hydroxyl groups is 1. The minimum Gasteiger partial charge on any atom is -0.481 e. The minimum atomic E-state index is -0.924. The summed E-state index contributed by atoms with van der Waals surface area (Å²) in [7, 11) is 0. The van der Waals surface area contributed by atoms with E-state index in [1.807, 2.05) is 0 Å². The molecule has 0 heterocycles. The molecule has 0 aromatic carbocycles. The lowest BCUT2D eigenvalue weighted by Crippen LogP contribution is -2.12. The summed E-state index contributed by atoms with van der Waals surface area (Å²) in [5.41, 5.74) is 0. The Kier molecular flexibility index (Phi) is 5.72. The van der Waals surface area contributed by atoms with Gasteiger partial charge in [-0.15, -0.1) is 0 Å². The van der Waals surface area contributed by atoms with Crippen LogP contribution in [-0.4, -0.2) is 22.3 Å². The van der Waals surface area contributed by atoms with E-state index in [2.05, 4.69) is 13.8 Å². The number of carboxylic acid groups (broad SMARTS) is 1. The highest BCUT2D eigenvalue weighted by Gasteiger charge is 2.08. The molecule has 0 radical (unpaired) electrons. The van der Waals surface area contributed by atoms with E-state index in [0.29, 0.717) is 12.3 Å². The molecule has 0 spiro atoms. The fourth-order valence-electron chi connectivity index (χ4n) is 1.07. The van der Waals surface area contributed by atoms with E-state index in [4.69, 9.17) is 10.2 Å². The molecule has 0 unspecified atom stereocenters. The lowest BCUT2D eigenvalue weighted by Gasteiger charge is -2.08. The molecule has 0 aromatic rings. The minimum absolute atomic E-state index is 0.127. The lowest BCUT2D eigenvalue weighted by molar-refractivity contribution is -0.139. The molecular weight excluding hydrogens is 156 g/mol. The van der Waals surface area contributed by atoms with Crippen LogP contribution in [0.25, 0.3) is 0 Å². The first kappa shape index (κ1) is 11.4. The van der Waals surface area contributed by atoms with Crippen LogP contribution in [0.15, 0.2) is 0 Å². The zero-order valence-corrected chi connectivity index (χ0v) is 7.79. The highest BCUT2D eigenvalue weighted by molar-refractivity contribution is 5.67. The van der Waals surface area contributed by atoms with Gasteiger partial charge < -0.3 is 10.2 Å². The largest absolute Gasteiger partial charge is 0.481 e. The predicted molar refractivity (Wildman–Crippen MR) is 46.9 cm³/mol. The van der Waals surface area contributed by atoms with Crippen LogP contribution in [0.4, 0.5) is 0 Å². The second-order valence-electron chi connectivity index (χ2n) is 3.58. The molecule has 0 bridgehead atoms. The molecule has 72 valence electrons. The van der Waals surface area contributed by atoms with Crippen molar-refractivity contribution in [1.29, 1.82) is 0 Å². The van der Waals surface area contributed by atoms with Crippen LogP contribution in [0, 0.1) is 5.92 Å². The van der Waals surface area contributed by atoms with Gasteiger partial charge in [-0.1, -0.05) is 26.7 Å². The molecule has 0 aromatic heterocycles. The van der Waals surface area contributed by atoms with Gasteiger partial charge in [-0.3, -0.25) is 4.79 Å². The third-order valence-electron chi connectivity index (χ3n) is 1.73. The third-order valence-corrected chi connectivity index (χ3v) is 1.73. The summed E-state index contributed by atoms with van der Waals surface area (Å²) in [4.78, 5) is 10.1. The molecule has 3 heteroatoms. The fourth-order valence-corrected chi connectivity index (χ4v) is 1.07. The first-order valence-corrected chi connectivity index (χ1v) is 4.42. The smallest absolute Gasteiger partial charge is 0.305 e. The van der Waals surface area contributed by atoms with E-state index in [1.54, 1.807) is 0 Å². The Morgan fingerprint density at radius 2 is 1.92 bits per heavy atom. The second-order valence-corrected chi connectivity index (χ2v) is 3.58. The van der Waals surface area contributed by atoms with Gasteiger partial charge in [0.05, 0.1) is 12.5 Å². The molecule has 0 saturated carbocycles. The van der Waals surface area contributed by atoms with E-state index >= 15 is 0 Å². The molecule has 0 aliphatic rings. The molecule has 0 fully saturated rings. The predicted octanol–water partition coefficient (Wildman–Crippen LogP) is 1.65. The summed E-state index contributed by atoms with van der Waals surface area (Å²) in [5, 5.41) is 17.5. The van der Waals surface area contributed by atoms with Crippen molar-refractivity contribution in [3.05, 3.63) is 0 Å². The molecule has 1 atom stereocenters. The number of carbonyl (C=O) groups is 1. The number of aliphatic carboxylic acids is 1. The highest BCUT2D eigenvalue weighted by atomic mass is 16.4.